The Morgan fingerprint density at radius 2 is 2.10 bits per heavy atom. The molecule has 21 heavy (non-hydrogen) atoms. The zero-order valence-corrected chi connectivity index (χ0v) is 13.4. The maximum atomic E-state index is 5.89. The summed E-state index contributed by atoms with van der Waals surface area (Å²) in [4.78, 5) is 8.78. The van der Waals surface area contributed by atoms with Crippen molar-refractivity contribution < 1.29 is 0 Å². The predicted molar refractivity (Wildman–Crippen MR) is 91.1 cm³/mol. The summed E-state index contributed by atoms with van der Waals surface area (Å²) in [6, 6.07) is 8.25. The van der Waals surface area contributed by atoms with E-state index >= 15 is 0 Å². The minimum Gasteiger partial charge on any atom is -0.370 e. The van der Waals surface area contributed by atoms with Crippen LogP contribution in [0.3, 0.4) is 0 Å². The lowest BCUT2D eigenvalue weighted by Gasteiger charge is -2.06. The van der Waals surface area contributed by atoms with E-state index in [4.69, 9.17) is 5.73 Å². The molecule has 112 valence electrons. The smallest absolute Gasteiger partial charge is 0.193 e. The lowest BCUT2D eigenvalue weighted by atomic mass is 10.1. The van der Waals surface area contributed by atoms with E-state index in [0.29, 0.717) is 12.5 Å². The van der Waals surface area contributed by atoms with Gasteiger partial charge in [0.25, 0.3) is 0 Å². The summed E-state index contributed by atoms with van der Waals surface area (Å²) in [7, 11) is 0. The van der Waals surface area contributed by atoms with Gasteiger partial charge in [0.15, 0.2) is 5.96 Å². The van der Waals surface area contributed by atoms with Gasteiger partial charge in [0.1, 0.15) is 0 Å². The second-order valence-corrected chi connectivity index (χ2v) is 5.87. The molecule has 0 fully saturated rings. The second-order valence-electron chi connectivity index (χ2n) is 4.93. The molecule has 1 aromatic heterocycles. The van der Waals surface area contributed by atoms with Crippen LogP contribution in [0.15, 0.2) is 34.6 Å². The number of nitrogens with zero attached hydrogens (tertiary/aromatic N) is 2. The summed E-state index contributed by atoms with van der Waals surface area (Å²) >= 11 is 1.71. The largest absolute Gasteiger partial charge is 0.370 e. The maximum Gasteiger partial charge on any atom is 0.193 e. The highest BCUT2D eigenvalue weighted by molar-refractivity contribution is 7.09. The third-order valence-electron chi connectivity index (χ3n) is 3.13. The number of hydrogen-bond acceptors (Lipinski definition) is 3. The van der Waals surface area contributed by atoms with E-state index in [-0.39, 0.29) is 0 Å². The summed E-state index contributed by atoms with van der Waals surface area (Å²) in [5.74, 6) is 0.467. The van der Waals surface area contributed by atoms with Crippen LogP contribution >= 0.6 is 11.3 Å². The van der Waals surface area contributed by atoms with Gasteiger partial charge in [-0.2, -0.15) is 0 Å². The zero-order chi connectivity index (χ0) is 15.1. The van der Waals surface area contributed by atoms with E-state index in [9.17, 15) is 0 Å². The highest BCUT2D eigenvalue weighted by Gasteiger charge is 1.99. The number of thiazole rings is 1. The number of nitrogens with two attached hydrogens (primary N) is 1. The first-order valence-corrected chi connectivity index (χ1v) is 8.12. The molecule has 0 aliphatic carbocycles. The maximum absolute atomic E-state index is 5.89. The average molecular weight is 302 g/mol. The van der Waals surface area contributed by atoms with E-state index in [2.05, 4.69) is 39.7 Å². The van der Waals surface area contributed by atoms with E-state index in [1.54, 1.807) is 11.3 Å². The number of guanidine groups is 1. The minimum absolute atomic E-state index is 0.467. The van der Waals surface area contributed by atoms with Crippen LogP contribution in [-0.2, 0) is 12.8 Å². The topological polar surface area (TPSA) is 63.3 Å². The molecular formula is C16H22N4S. The van der Waals surface area contributed by atoms with Gasteiger partial charge in [-0.15, -0.1) is 11.3 Å². The number of nitrogens with one attached hydrogen (secondary N) is 1. The molecule has 2 aromatic rings. The standard InChI is InChI=1S/C16H22N4S/c1-3-13-6-8-14(9-7-13)20-16(17)18-10-4-5-15-19-12(2)11-21-15/h6-9,11H,3-5,10H2,1-2H3,(H3,17,18,20). The quantitative estimate of drug-likeness (QED) is 0.488. The van der Waals surface area contributed by atoms with E-state index in [0.717, 1.165) is 30.6 Å². The van der Waals surface area contributed by atoms with Gasteiger partial charge in [0.05, 0.1) is 5.01 Å². The summed E-state index contributed by atoms with van der Waals surface area (Å²) in [6.45, 7) is 4.87. The number of aliphatic imine (C=N–C) groups is 1. The zero-order valence-electron chi connectivity index (χ0n) is 12.6. The molecule has 4 nitrogen and oxygen atoms in total. The first-order valence-electron chi connectivity index (χ1n) is 7.24. The van der Waals surface area contributed by atoms with Gasteiger partial charge >= 0.3 is 0 Å². The van der Waals surface area contributed by atoms with Gasteiger partial charge in [-0.05, 0) is 37.5 Å². The number of anilines is 1. The molecule has 0 saturated carbocycles. The molecule has 0 radical (unpaired) electrons. The Balaban J connectivity index is 1.75. The van der Waals surface area contributed by atoms with Gasteiger partial charge in [-0.3, -0.25) is 4.99 Å². The lowest BCUT2D eigenvalue weighted by molar-refractivity contribution is 0.823. The highest BCUT2D eigenvalue weighted by atomic mass is 32.1. The van der Waals surface area contributed by atoms with E-state index in [1.165, 1.54) is 10.6 Å². The number of rotatable bonds is 6. The molecule has 0 bridgehead atoms. The van der Waals surface area contributed by atoms with Crippen LogP contribution in [0.4, 0.5) is 5.69 Å². The van der Waals surface area contributed by atoms with Crippen LogP contribution in [0.25, 0.3) is 0 Å². The van der Waals surface area contributed by atoms with Gasteiger partial charge in [-0.25, -0.2) is 4.98 Å². The van der Waals surface area contributed by atoms with Crippen molar-refractivity contribution in [3.8, 4) is 0 Å². The normalized spacial score (nSPS) is 11.6. The number of aryl methyl sites for hydroxylation is 3. The molecule has 1 aromatic carbocycles. The summed E-state index contributed by atoms with van der Waals surface area (Å²) in [5.41, 5.74) is 9.27. The molecule has 0 aliphatic rings. The number of benzene rings is 1. The molecule has 0 atom stereocenters. The molecule has 0 saturated heterocycles. The van der Waals surface area contributed by atoms with Crippen LogP contribution in [0.1, 0.15) is 29.6 Å². The Kier molecular flexibility index (Phi) is 5.75. The van der Waals surface area contributed by atoms with Gasteiger partial charge in [0, 0.05) is 29.7 Å². The van der Waals surface area contributed by atoms with Gasteiger partial charge in [-0.1, -0.05) is 19.1 Å². The Bertz CT molecular complexity index is 587. The van der Waals surface area contributed by atoms with Gasteiger partial charge < -0.3 is 11.1 Å². The third-order valence-corrected chi connectivity index (χ3v) is 4.16. The van der Waals surface area contributed by atoms with Crippen molar-refractivity contribution in [1.82, 2.24) is 4.98 Å². The van der Waals surface area contributed by atoms with Crippen LogP contribution in [0.5, 0.6) is 0 Å². The number of hydrogen-bond donors (Lipinski definition) is 2. The molecule has 0 spiro atoms. The summed E-state index contributed by atoms with van der Waals surface area (Å²) < 4.78 is 0. The summed E-state index contributed by atoms with van der Waals surface area (Å²) in [5, 5.41) is 6.36. The van der Waals surface area contributed by atoms with Crippen molar-refractivity contribution in [3.05, 3.63) is 45.9 Å². The minimum atomic E-state index is 0.467. The SMILES string of the molecule is CCc1ccc(NC(N)=NCCCc2nc(C)cs2)cc1. The monoisotopic (exact) mass is 302 g/mol. The van der Waals surface area contributed by atoms with Crippen LogP contribution in [-0.4, -0.2) is 17.5 Å². The fourth-order valence-corrected chi connectivity index (χ4v) is 2.78. The molecule has 5 heteroatoms. The highest BCUT2D eigenvalue weighted by Crippen LogP contribution is 2.11. The fraction of sp³-hybridized carbons (Fsp3) is 0.375. The predicted octanol–water partition coefficient (Wildman–Crippen LogP) is 3.37. The molecule has 1 heterocycles. The van der Waals surface area contributed by atoms with Crippen molar-refractivity contribution in [2.45, 2.75) is 33.1 Å². The first-order chi connectivity index (χ1) is 10.2. The first kappa shape index (κ1) is 15.5. The van der Waals surface area contributed by atoms with Crippen molar-refractivity contribution in [1.29, 1.82) is 0 Å². The van der Waals surface area contributed by atoms with Gasteiger partial charge in [0.2, 0.25) is 0 Å². The Morgan fingerprint density at radius 1 is 1.33 bits per heavy atom. The van der Waals surface area contributed by atoms with E-state index < -0.39 is 0 Å². The van der Waals surface area contributed by atoms with Crippen molar-refractivity contribution in [3.63, 3.8) is 0 Å². The molecule has 3 N–H and O–H groups in total. The third kappa shape index (κ3) is 5.19. The lowest BCUT2D eigenvalue weighted by Crippen LogP contribution is -2.22. The van der Waals surface area contributed by atoms with Crippen LogP contribution < -0.4 is 11.1 Å². The van der Waals surface area contributed by atoms with Crippen LogP contribution in [0.2, 0.25) is 0 Å². The summed E-state index contributed by atoms with van der Waals surface area (Å²) in [6.07, 6.45) is 2.96. The molecule has 2 rings (SSSR count). The van der Waals surface area contributed by atoms with Crippen molar-refractivity contribution in [2.75, 3.05) is 11.9 Å². The Labute approximate surface area is 130 Å². The molecule has 0 aliphatic heterocycles. The molecular weight excluding hydrogens is 280 g/mol. The van der Waals surface area contributed by atoms with Crippen LogP contribution in [0, 0.1) is 6.92 Å². The molecule has 0 unspecified atom stereocenters. The van der Waals surface area contributed by atoms with Crippen molar-refractivity contribution >= 4 is 23.0 Å². The van der Waals surface area contributed by atoms with Crippen molar-refractivity contribution in [2.24, 2.45) is 10.7 Å². The number of aromatic nitrogens is 1. The molecule has 0 amide bonds. The Hall–Kier alpha value is -1.88. The fourth-order valence-electron chi connectivity index (χ4n) is 1.96. The van der Waals surface area contributed by atoms with E-state index in [1.807, 2.05) is 19.1 Å². The Morgan fingerprint density at radius 3 is 2.71 bits per heavy atom. The second kappa shape index (κ2) is 7.78. The average Bonchev–Trinajstić information content (AvgIpc) is 2.90.